The molecule has 0 saturated carbocycles. The van der Waals surface area contributed by atoms with E-state index >= 15 is 0 Å². The van der Waals surface area contributed by atoms with Gasteiger partial charge in [-0.2, -0.15) is 8.42 Å². The van der Waals surface area contributed by atoms with E-state index in [-0.39, 0.29) is 17.5 Å². The predicted octanol–water partition coefficient (Wildman–Crippen LogP) is 2.85. The van der Waals surface area contributed by atoms with Gasteiger partial charge in [-0.1, -0.05) is 29.8 Å². The third-order valence-electron chi connectivity index (χ3n) is 3.27. The van der Waals surface area contributed by atoms with Gasteiger partial charge in [0.2, 0.25) is 0 Å². The van der Waals surface area contributed by atoms with Crippen LogP contribution >= 0.6 is 0 Å². The molecule has 0 aliphatic carbocycles. The van der Waals surface area contributed by atoms with E-state index in [1.54, 1.807) is 19.1 Å². The summed E-state index contributed by atoms with van der Waals surface area (Å²) in [5.74, 6) is -0.801. The fraction of sp³-hybridized carbons (Fsp3) is 0.438. The van der Waals surface area contributed by atoms with Crippen LogP contribution in [-0.4, -0.2) is 28.1 Å². The molecular weight excluding hydrogens is 304 g/mol. The first kappa shape index (κ1) is 18.4. The first-order valence-corrected chi connectivity index (χ1v) is 8.38. The Bertz CT molecular complexity index is 616. The van der Waals surface area contributed by atoms with Crippen molar-refractivity contribution in [1.29, 1.82) is 0 Å². The second kappa shape index (κ2) is 8.10. The molecule has 0 aliphatic rings. The molecule has 6 heteroatoms. The van der Waals surface area contributed by atoms with Crippen LogP contribution in [0, 0.1) is 12.8 Å². The molecule has 0 saturated heterocycles. The van der Waals surface area contributed by atoms with E-state index < -0.39 is 16.0 Å². The Morgan fingerprint density at radius 3 is 2.36 bits per heavy atom. The number of esters is 1. The number of carbonyl (C=O) groups is 1. The summed E-state index contributed by atoms with van der Waals surface area (Å²) in [7, 11) is -2.44. The average molecular weight is 326 g/mol. The van der Waals surface area contributed by atoms with Crippen molar-refractivity contribution in [3.63, 3.8) is 0 Å². The zero-order valence-electron chi connectivity index (χ0n) is 13.2. The van der Waals surface area contributed by atoms with Gasteiger partial charge in [-0.05, 0) is 38.8 Å². The van der Waals surface area contributed by atoms with E-state index in [0.29, 0.717) is 18.4 Å². The maximum Gasteiger partial charge on any atom is 0.312 e. The Morgan fingerprint density at radius 1 is 1.27 bits per heavy atom. The third kappa shape index (κ3) is 5.27. The van der Waals surface area contributed by atoms with Gasteiger partial charge in [-0.25, -0.2) is 0 Å². The Kier molecular flexibility index (Phi) is 6.77. The molecule has 1 atom stereocenters. The lowest BCUT2D eigenvalue weighted by atomic mass is 9.97. The molecule has 0 amide bonds. The third-order valence-corrected chi connectivity index (χ3v) is 4.59. The molecule has 1 rings (SSSR count). The Labute approximate surface area is 132 Å². The van der Waals surface area contributed by atoms with Gasteiger partial charge >= 0.3 is 5.97 Å². The first-order valence-electron chi connectivity index (χ1n) is 6.97. The summed E-state index contributed by atoms with van der Waals surface area (Å²) < 4.78 is 33.6. The molecule has 1 unspecified atom stereocenters. The van der Waals surface area contributed by atoms with Crippen LogP contribution in [0.5, 0.6) is 0 Å². The van der Waals surface area contributed by atoms with Crippen LogP contribution in [-0.2, 0) is 23.8 Å². The van der Waals surface area contributed by atoms with Crippen molar-refractivity contribution in [1.82, 2.24) is 0 Å². The Balaban J connectivity index is 2.54. The van der Waals surface area contributed by atoms with E-state index in [2.05, 4.69) is 6.58 Å². The number of methoxy groups -OCH3 is 1. The summed E-state index contributed by atoms with van der Waals surface area (Å²) in [6.07, 6.45) is 0.850. The summed E-state index contributed by atoms with van der Waals surface area (Å²) in [6.45, 7) is 7.38. The molecule has 1 aromatic carbocycles. The van der Waals surface area contributed by atoms with E-state index in [1.165, 1.54) is 19.2 Å². The summed E-state index contributed by atoms with van der Waals surface area (Å²) in [6, 6.07) is 6.45. The lowest BCUT2D eigenvalue weighted by molar-refractivity contribution is -0.144. The van der Waals surface area contributed by atoms with E-state index in [1.807, 2.05) is 6.92 Å². The summed E-state index contributed by atoms with van der Waals surface area (Å²) >= 11 is 0. The van der Waals surface area contributed by atoms with Crippen LogP contribution in [0.1, 0.15) is 25.3 Å². The van der Waals surface area contributed by atoms with Gasteiger partial charge in [0.1, 0.15) is 0 Å². The first-order chi connectivity index (χ1) is 10.3. The van der Waals surface area contributed by atoms with Crippen molar-refractivity contribution in [2.24, 2.45) is 5.92 Å². The van der Waals surface area contributed by atoms with Gasteiger partial charge in [0.25, 0.3) is 10.1 Å². The van der Waals surface area contributed by atoms with Crippen LogP contribution in [0.3, 0.4) is 0 Å². The number of aryl methyl sites for hydroxylation is 1. The minimum absolute atomic E-state index is 0.0109. The zero-order chi connectivity index (χ0) is 16.8. The average Bonchev–Trinajstić information content (AvgIpc) is 2.46. The standard InChI is InChI=1S/C16H22O5S/c1-12(2)15(16(17)20-4)6-5-11-21-22(18,19)14-9-7-13(3)8-10-14/h7-10,15H,1,5-6,11H2,2-4H3. The second-order valence-corrected chi connectivity index (χ2v) is 6.77. The van der Waals surface area contributed by atoms with Gasteiger partial charge in [0.05, 0.1) is 24.5 Å². The van der Waals surface area contributed by atoms with Crippen molar-refractivity contribution in [2.45, 2.75) is 31.6 Å². The summed E-state index contributed by atoms with van der Waals surface area (Å²) in [5.41, 5.74) is 1.66. The quantitative estimate of drug-likeness (QED) is 0.318. The maximum atomic E-state index is 12.0. The Morgan fingerprint density at radius 2 is 1.86 bits per heavy atom. The molecule has 0 N–H and O–H groups in total. The van der Waals surface area contributed by atoms with Gasteiger partial charge in [0.15, 0.2) is 0 Å². The van der Waals surface area contributed by atoms with Crippen molar-refractivity contribution < 1.29 is 22.1 Å². The van der Waals surface area contributed by atoms with Crippen LogP contribution < -0.4 is 0 Å². The normalized spacial score (nSPS) is 12.7. The molecule has 0 spiro atoms. The summed E-state index contributed by atoms with van der Waals surface area (Å²) in [4.78, 5) is 11.7. The largest absolute Gasteiger partial charge is 0.469 e. The predicted molar refractivity (Wildman–Crippen MR) is 83.9 cm³/mol. The SMILES string of the molecule is C=C(C)C(CCCOS(=O)(=O)c1ccc(C)cc1)C(=O)OC. The van der Waals surface area contributed by atoms with E-state index in [4.69, 9.17) is 8.92 Å². The van der Waals surface area contributed by atoms with Crippen molar-refractivity contribution in [3.05, 3.63) is 42.0 Å². The lowest BCUT2D eigenvalue weighted by Gasteiger charge is -2.14. The van der Waals surface area contributed by atoms with Crippen LogP contribution in [0.2, 0.25) is 0 Å². The number of rotatable bonds is 8. The molecule has 0 radical (unpaired) electrons. The van der Waals surface area contributed by atoms with Crippen LogP contribution in [0.25, 0.3) is 0 Å². The molecule has 22 heavy (non-hydrogen) atoms. The highest BCUT2D eigenvalue weighted by molar-refractivity contribution is 7.86. The van der Waals surface area contributed by atoms with Crippen molar-refractivity contribution in [2.75, 3.05) is 13.7 Å². The van der Waals surface area contributed by atoms with Crippen molar-refractivity contribution in [3.8, 4) is 0 Å². The molecule has 0 bridgehead atoms. The molecule has 1 aromatic rings. The highest BCUT2D eigenvalue weighted by atomic mass is 32.2. The van der Waals surface area contributed by atoms with Crippen LogP contribution in [0.15, 0.2) is 41.3 Å². The number of ether oxygens (including phenoxy) is 1. The fourth-order valence-corrected chi connectivity index (χ4v) is 2.88. The second-order valence-electron chi connectivity index (χ2n) is 5.15. The van der Waals surface area contributed by atoms with Gasteiger partial charge < -0.3 is 4.74 Å². The van der Waals surface area contributed by atoms with Gasteiger partial charge in [-0.3, -0.25) is 8.98 Å². The summed E-state index contributed by atoms with van der Waals surface area (Å²) in [5, 5.41) is 0. The maximum absolute atomic E-state index is 12.0. The number of benzene rings is 1. The number of hydrogen-bond acceptors (Lipinski definition) is 5. The number of carbonyl (C=O) groups excluding carboxylic acids is 1. The highest BCUT2D eigenvalue weighted by Crippen LogP contribution is 2.18. The van der Waals surface area contributed by atoms with Gasteiger partial charge in [-0.15, -0.1) is 0 Å². The zero-order valence-corrected chi connectivity index (χ0v) is 14.0. The molecule has 0 aliphatic heterocycles. The van der Waals surface area contributed by atoms with Gasteiger partial charge in [0, 0.05) is 0 Å². The fourth-order valence-electron chi connectivity index (χ4n) is 1.94. The minimum Gasteiger partial charge on any atom is -0.469 e. The van der Waals surface area contributed by atoms with Crippen LogP contribution in [0.4, 0.5) is 0 Å². The molecule has 0 fully saturated rings. The molecular formula is C16H22O5S. The number of hydrogen-bond donors (Lipinski definition) is 0. The highest BCUT2D eigenvalue weighted by Gasteiger charge is 2.20. The molecule has 122 valence electrons. The van der Waals surface area contributed by atoms with E-state index in [0.717, 1.165) is 5.56 Å². The lowest BCUT2D eigenvalue weighted by Crippen LogP contribution is -2.18. The van der Waals surface area contributed by atoms with Crippen molar-refractivity contribution >= 4 is 16.1 Å². The smallest absolute Gasteiger partial charge is 0.312 e. The minimum atomic E-state index is -3.76. The van der Waals surface area contributed by atoms with E-state index in [9.17, 15) is 13.2 Å². The molecule has 0 aromatic heterocycles. The Hall–Kier alpha value is -1.66. The molecule has 0 heterocycles. The monoisotopic (exact) mass is 326 g/mol. The molecule has 5 nitrogen and oxygen atoms in total. The topological polar surface area (TPSA) is 69.7 Å².